The fraction of sp³-hybridized carbons (Fsp3) is 0. The Morgan fingerprint density at radius 3 is 3.08 bits per heavy atom. The number of oxazole rings is 1. The van der Waals surface area contributed by atoms with E-state index in [1.807, 2.05) is 0 Å². The average molecular weight is 179 g/mol. The van der Waals surface area contributed by atoms with E-state index in [4.69, 9.17) is 10.2 Å². The Hall–Kier alpha value is -2.11. The maximum atomic E-state index is 11.0. The molecule has 0 aromatic carbocycles. The third-order valence-electron chi connectivity index (χ3n) is 1.56. The molecule has 0 saturated heterocycles. The zero-order chi connectivity index (χ0) is 9.42. The van der Waals surface area contributed by atoms with Gasteiger partial charge in [-0.1, -0.05) is 0 Å². The van der Waals surface area contributed by atoms with E-state index in [0.717, 1.165) is 0 Å². The van der Waals surface area contributed by atoms with Crippen LogP contribution in [0.4, 0.5) is 4.79 Å². The van der Waals surface area contributed by atoms with Gasteiger partial charge in [0.05, 0.1) is 0 Å². The molecule has 2 heterocycles. The summed E-state index contributed by atoms with van der Waals surface area (Å²) in [5, 5.41) is 0. The quantitative estimate of drug-likeness (QED) is 0.612. The van der Waals surface area contributed by atoms with Gasteiger partial charge in [0.2, 0.25) is 0 Å². The van der Waals surface area contributed by atoms with Crippen LogP contribution in [0.15, 0.2) is 27.5 Å². The maximum Gasteiger partial charge on any atom is 0.429 e. The minimum absolute atomic E-state index is 0.139. The van der Waals surface area contributed by atoms with Crippen molar-refractivity contribution in [3.63, 3.8) is 0 Å². The van der Waals surface area contributed by atoms with Gasteiger partial charge in [-0.3, -0.25) is 0 Å². The number of primary amides is 1. The predicted octanol–water partition coefficient (Wildman–Crippen LogP) is -0.0837. The summed E-state index contributed by atoms with van der Waals surface area (Å²) in [7, 11) is 0. The molecule has 0 atom stereocenters. The molecular formula is C7H5N3O3. The van der Waals surface area contributed by atoms with Crippen molar-refractivity contribution in [2.75, 3.05) is 0 Å². The highest BCUT2D eigenvalue weighted by Crippen LogP contribution is 2.06. The zero-order valence-corrected chi connectivity index (χ0v) is 6.43. The lowest BCUT2D eigenvalue weighted by Crippen LogP contribution is -2.28. The fourth-order valence-electron chi connectivity index (χ4n) is 1.05. The number of pyridine rings is 1. The molecule has 0 spiro atoms. The maximum absolute atomic E-state index is 11.0. The molecule has 0 radical (unpaired) electrons. The Balaban J connectivity index is 2.95. The van der Waals surface area contributed by atoms with Crippen molar-refractivity contribution in [1.29, 1.82) is 0 Å². The van der Waals surface area contributed by atoms with Gasteiger partial charge in [0.15, 0.2) is 11.2 Å². The molecule has 2 aromatic rings. The molecule has 0 bridgehead atoms. The van der Waals surface area contributed by atoms with E-state index >= 15 is 0 Å². The van der Waals surface area contributed by atoms with E-state index in [9.17, 15) is 9.59 Å². The van der Waals surface area contributed by atoms with Gasteiger partial charge < -0.3 is 10.2 Å². The van der Waals surface area contributed by atoms with Crippen molar-refractivity contribution in [2.24, 2.45) is 5.73 Å². The molecule has 6 heteroatoms. The topological polar surface area (TPSA) is 91.1 Å². The van der Waals surface area contributed by atoms with Crippen molar-refractivity contribution in [3.8, 4) is 0 Å². The largest absolute Gasteiger partial charge is 0.429 e. The minimum atomic E-state index is -0.901. The van der Waals surface area contributed by atoms with Crippen molar-refractivity contribution >= 4 is 17.3 Å². The number of aromatic nitrogens is 2. The number of rotatable bonds is 0. The normalized spacial score (nSPS) is 10.5. The van der Waals surface area contributed by atoms with Gasteiger partial charge in [0.25, 0.3) is 0 Å². The number of hydrogen-bond acceptors (Lipinski definition) is 4. The Labute approximate surface area is 71.6 Å². The third kappa shape index (κ3) is 0.994. The van der Waals surface area contributed by atoms with E-state index in [0.29, 0.717) is 4.57 Å². The Morgan fingerprint density at radius 1 is 1.62 bits per heavy atom. The van der Waals surface area contributed by atoms with Gasteiger partial charge in [-0.25, -0.2) is 14.6 Å². The number of hydrogen-bond donors (Lipinski definition) is 1. The van der Waals surface area contributed by atoms with Gasteiger partial charge in [0.1, 0.15) is 0 Å². The van der Waals surface area contributed by atoms with Crippen molar-refractivity contribution in [1.82, 2.24) is 9.55 Å². The van der Waals surface area contributed by atoms with Crippen LogP contribution in [0.25, 0.3) is 11.2 Å². The molecule has 0 fully saturated rings. The van der Waals surface area contributed by atoms with E-state index in [1.54, 1.807) is 6.07 Å². The molecular weight excluding hydrogens is 174 g/mol. The van der Waals surface area contributed by atoms with Crippen LogP contribution < -0.4 is 11.5 Å². The van der Waals surface area contributed by atoms with Crippen LogP contribution in [0, 0.1) is 0 Å². The van der Waals surface area contributed by atoms with Crippen LogP contribution in [-0.2, 0) is 0 Å². The first-order chi connectivity index (χ1) is 6.20. The number of carbonyl (C=O) groups is 1. The molecule has 13 heavy (non-hydrogen) atoms. The molecule has 66 valence electrons. The fourth-order valence-corrected chi connectivity index (χ4v) is 1.05. The number of carbonyl (C=O) groups excluding carboxylic acids is 1. The summed E-state index contributed by atoms with van der Waals surface area (Å²) in [4.78, 5) is 25.6. The van der Waals surface area contributed by atoms with Crippen LogP contribution in [0.1, 0.15) is 0 Å². The molecule has 6 nitrogen and oxygen atoms in total. The second-order valence-electron chi connectivity index (χ2n) is 2.37. The second kappa shape index (κ2) is 2.44. The Kier molecular flexibility index (Phi) is 1.42. The minimum Gasteiger partial charge on any atom is -0.406 e. The monoisotopic (exact) mass is 179 g/mol. The molecule has 0 saturated carbocycles. The van der Waals surface area contributed by atoms with Crippen LogP contribution >= 0.6 is 0 Å². The van der Waals surface area contributed by atoms with Crippen molar-refractivity contribution in [3.05, 3.63) is 28.9 Å². The number of fused-ring (bicyclic) bond motifs is 1. The number of nitrogens with two attached hydrogens (primary N) is 1. The lowest BCUT2D eigenvalue weighted by Gasteiger charge is -1.90. The van der Waals surface area contributed by atoms with Gasteiger partial charge in [-0.15, -0.1) is 0 Å². The summed E-state index contributed by atoms with van der Waals surface area (Å²) in [6.07, 6.45) is 1.44. The Bertz CT molecular complexity index is 525. The molecule has 0 aliphatic carbocycles. The second-order valence-corrected chi connectivity index (χ2v) is 2.37. The van der Waals surface area contributed by atoms with Gasteiger partial charge in [0, 0.05) is 6.20 Å². The van der Waals surface area contributed by atoms with Crippen LogP contribution in [0.3, 0.4) is 0 Å². The molecule has 2 rings (SSSR count). The lowest BCUT2D eigenvalue weighted by molar-refractivity contribution is 0.249. The first-order valence-corrected chi connectivity index (χ1v) is 3.46. The Morgan fingerprint density at radius 2 is 2.38 bits per heavy atom. The first-order valence-electron chi connectivity index (χ1n) is 3.46. The molecule has 1 amide bonds. The number of amides is 1. The van der Waals surface area contributed by atoms with E-state index < -0.39 is 11.8 Å². The number of nitrogens with zero attached hydrogens (tertiary/aromatic N) is 2. The summed E-state index contributed by atoms with van der Waals surface area (Å²) in [6.45, 7) is 0. The molecule has 0 aliphatic heterocycles. The molecule has 0 aliphatic rings. The third-order valence-corrected chi connectivity index (χ3v) is 1.56. The predicted molar refractivity (Wildman–Crippen MR) is 43.3 cm³/mol. The SMILES string of the molecule is NC(=O)n1c(=O)oc2cccnc21. The standard InChI is InChI=1S/C7H5N3O3/c8-6(11)10-5-4(13-7(10)12)2-1-3-9-5/h1-3H,(H2,8,11). The van der Waals surface area contributed by atoms with Crippen molar-refractivity contribution in [2.45, 2.75) is 0 Å². The zero-order valence-electron chi connectivity index (χ0n) is 6.43. The lowest BCUT2D eigenvalue weighted by atomic mass is 10.4. The van der Waals surface area contributed by atoms with Gasteiger partial charge in [-0.2, -0.15) is 4.57 Å². The summed E-state index contributed by atoms with van der Waals surface area (Å²) in [6, 6.07) is 2.22. The van der Waals surface area contributed by atoms with Gasteiger partial charge in [-0.05, 0) is 12.1 Å². The van der Waals surface area contributed by atoms with Crippen LogP contribution in [0.2, 0.25) is 0 Å². The molecule has 2 N–H and O–H groups in total. The summed E-state index contributed by atoms with van der Waals surface area (Å²) in [5.74, 6) is -0.818. The summed E-state index contributed by atoms with van der Waals surface area (Å²) >= 11 is 0. The van der Waals surface area contributed by atoms with E-state index in [2.05, 4.69) is 4.98 Å². The first kappa shape index (κ1) is 7.53. The van der Waals surface area contributed by atoms with Crippen LogP contribution in [0.5, 0.6) is 0 Å². The van der Waals surface area contributed by atoms with Gasteiger partial charge >= 0.3 is 11.8 Å². The average Bonchev–Trinajstić information content (AvgIpc) is 2.39. The van der Waals surface area contributed by atoms with E-state index in [1.165, 1.54) is 12.3 Å². The molecule has 2 aromatic heterocycles. The highest BCUT2D eigenvalue weighted by Gasteiger charge is 2.13. The highest BCUT2D eigenvalue weighted by atomic mass is 16.4. The molecule has 0 unspecified atom stereocenters. The van der Waals surface area contributed by atoms with E-state index in [-0.39, 0.29) is 11.2 Å². The smallest absolute Gasteiger partial charge is 0.406 e. The highest BCUT2D eigenvalue weighted by molar-refractivity contribution is 5.84. The summed E-state index contributed by atoms with van der Waals surface area (Å²) < 4.78 is 5.38. The summed E-state index contributed by atoms with van der Waals surface area (Å²) in [5.41, 5.74) is 5.33. The van der Waals surface area contributed by atoms with Crippen LogP contribution in [-0.4, -0.2) is 15.6 Å². The van der Waals surface area contributed by atoms with Crippen molar-refractivity contribution < 1.29 is 9.21 Å².